The Balaban J connectivity index is 1.83. The Morgan fingerprint density at radius 1 is 1.21 bits per heavy atom. The van der Waals surface area contributed by atoms with Gasteiger partial charge in [-0.3, -0.25) is 14.8 Å². The Morgan fingerprint density at radius 2 is 1.96 bits per heavy atom. The maximum atomic E-state index is 13.6. The first-order chi connectivity index (χ1) is 13.6. The second kappa shape index (κ2) is 7.56. The second-order valence-corrected chi connectivity index (χ2v) is 9.77. The topological polar surface area (TPSA) is 77.0 Å². The fourth-order valence-corrected chi connectivity index (χ4v) is 6.96. The van der Waals surface area contributed by atoms with Crippen LogP contribution in [0.2, 0.25) is 0 Å². The molecule has 0 saturated carbocycles. The Labute approximate surface area is 168 Å². The number of rotatable bonds is 6. The van der Waals surface area contributed by atoms with Crippen molar-refractivity contribution >= 4 is 30.2 Å². The number of hydrogen-bond acceptors (Lipinski definition) is 7. The number of hydrogen-bond donors (Lipinski definition) is 1. The summed E-state index contributed by atoms with van der Waals surface area (Å²) < 4.78 is 24.7. The van der Waals surface area contributed by atoms with Gasteiger partial charge in [-0.25, -0.2) is 0 Å². The maximum Gasteiger partial charge on any atom is 0.377 e. The molecular formula is C20H23N2O4PS. The van der Waals surface area contributed by atoms with E-state index in [9.17, 15) is 9.36 Å². The van der Waals surface area contributed by atoms with Crippen LogP contribution in [0.5, 0.6) is 0 Å². The van der Waals surface area contributed by atoms with Gasteiger partial charge in [-0.2, -0.15) is 5.10 Å². The van der Waals surface area contributed by atoms with Crippen LogP contribution in [0.25, 0.3) is 0 Å². The SMILES string of the molecule is CCOP(=O)(OCC)C1=NNC2(CCc3ccccc3C2=O)C1c1cccs1. The van der Waals surface area contributed by atoms with E-state index in [-0.39, 0.29) is 19.0 Å². The summed E-state index contributed by atoms with van der Waals surface area (Å²) in [6.07, 6.45) is 1.31. The van der Waals surface area contributed by atoms with Crippen molar-refractivity contribution in [1.82, 2.24) is 5.43 Å². The molecule has 148 valence electrons. The zero-order valence-corrected chi connectivity index (χ0v) is 17.6. The van der Waals surface area contributed by atoms with Gasteiger partial charge in [-0.1, -0.05) is 30.3 Å². The van der Waals surface area contributed by atoms with Gasteiger partial charge in [0.1, 0.15) is 5.54 Å². The Kier molecular flexibility index (Phi) is 5.27. The van der Waals surface area contributed by atoms with E-state index in [2.05, 4.69) is 10.5 Å². The molecule has 2 unspecified atom stereocenters. The molecule has 1 aliphatic carbocycles. The maximum absolute atomic E-state index is 13.6. The highest BCUT2D eigenvalue weighted by molar-refractivity contribution is 7.72. The van der Waals surface area contributed by atoms with Crippen LogP contribution < -0.4 is 5.43 Å². The van der Waals surface area contributed by atoms with Crippen LogP contribution in [0.4, 0.5) is 0 Å². The summed E-state index contributed by atoms with van der Waals surface area (Å²) in [5, 5.41) is 6.37. The monoisotopic (exact) mass is 418 g/mol. The van der Waals surface area contributed by atoms with Gasteiger partial charge in [0.05, 0.1) is 19.1 Å². The molecular weight excluding hydrogens is 395 g/mol. The summed E-state index contributed by atoms with van der Waals surface area (Å²) in [6, 6.07) is 11.5. The predicted octanol–water partition coefficient (Wildman–Crippen LogP) is 4.58. The fraction of sp³-hybridized carbons (Fsp3) is 0.400. The quantitative estimate of drug-likeness (QED) is 0.695. The number of Topliss-reactive ketones (excluding diaryl/α,β-unsaturated/α-hetero) is 1. The number of ketones is 1. The smallest absolute Gasteiger partial charge is 0.305 e. The summed E-state index contributed by atoms with van der Waals surface area (Å²) in [6.45, 7) is 4.01. The lowest BCUT2D eigenvalue weighted by atomic mass is 9.70. The summed E-state index contributed by atoms with van der Waals surface area (Å²) >= 11 is 1.52. The van der Waals surface area contributed by atoms with Crippen LogP contribution >= 0.6 is 18.9 Å². The van der Waals surface area contributed by atoms with Gasteiger partial charge in [0.15, 0.2) is 11.2 Å². The lowest BCUT2D eigenvalue weighted by Crippen LogP contribution is -2.54. The van der Waals surface area contributed by atoms with Crippen LogP contribution in [-0.4, -0.2) is 30.0 Å². The molecule has 2 atom stereocenters. The number of aryl methyl sites for hydroxylation is 1. The first kappa shape index (κ1) is 19.5. The lowest BCUT2D eigenvalue weighted by molar-refractivity contribution is 0.0827. The molecule has 2 aromatic rings. The van der Waals surface area contributed by atoms with E-state index in [0.717, 1.165) is 16.9 Å². The Bertz CT molecular complexity index is 949. The van der Waals surface area contributed by atoms with Crippen molar-refractivity contribution in [3.63, 3.8) is 0 Å². The third-order valence-electron chi connectivity index (χ3n) is 5.28. The predicted molar refractivity (Wildman–Crippen MR) is 110 cm³/mol. The lowest BCUT2D eigenvalue weighted by Gasteiger charge is -2.38. The number of nitrogens with zero attached hydrogens (tertiary/aromatic N) is 1. The van der Waals surface area contributed by atoms with Crippen LogP contribution in [-0.2, 0) is 20.0 Å². The van der Waals surface area contributed by atoms with Crippen molar-refractivity contribution in [2.75, 3.05) is 13.2 Å². The number of nitrogens with one attached hydrogen (secondary N) is 1. The highest BCUT2D eigenvalue weighted by Gasteiger charge is 2.59. The van der Waals surface area contributed by atoms with Crippen molar-refractivity contribution in [2.45, 2.75) is 38.1 Å². The molecule has 0 saturated heterocycles. The largest absolute Gasteiger partial charge is 0.377 e. The second-order valence-electron chi connectivity index (χ2n) is 6.82. The molecule has 0 radical (unpaired) electrons. The summed E-state index contributed by atoms with van der Waals surface area (Å²) in [7, 11) is -3.63. The molecule has 28 heavy (non-hydrogen) atoms. The zero-order valence-electron chi connectivity index (χ0n) is 15.9. The average Bonchev–Trinajstić information content (AvgIpc) is 3.34. The van der Waals surface area contributed by atoms with E-state index in [0.29, 0.717) is 17.4 Å². The van der Waals surface area contributed by atoms with Crippen LogP contribution in [0.15, 0.2) is 46.9 Å². The van der Waals surface area contributed by atoms with E-state index in [1.165, 1.54) is 11.3 Å². The van der Waals surface area contributed by atoms with E-state index in [1.807, 2.05) is 41.8 Å². The molecule has 0 amide bonds. The summed E-state index contributed by atoms with van der Waals surface area (Å²) in [5.74, 6) is -0.511. The molecule has 0 fully saturated rings. The third kappa shape index (κ3) is 2.98. The molecule has 6 nitrogen and oxygen atoms in total. The molecule has 1 aromatic carbocycles. The molecule has 1 N–H and O–H groups in total. The Morgan fingerprint density at radius 3 is 2.64 bits per heavy atom. The third-order valence-corrected chi connectivity index (χ3v) is 8.34. The molecule has 1 spiro atoms. The van der Waals surface area contributed by atoms with Gasteiger partial charge in [0.25, 0.3) is 0 Å². The zero-order chi connectivity index (χ0) is 19.8. The average molecular weight is 418 g/mol. The number of carbonyl (C=O) groups excluding carboxylic acids is 1. The number of benzene rings is 1. The molecule has 2 aliphatic rings. The first-order valence-electron chi connectivity index (χ1n) is 9.46. The van der Waals surface area contributed by atoms with Gasteiger partial charge in [0, 0.05) is 10.4 Å². The summed E-state index contributed by atoms with van der Waals surface area (Å²) in [4.78, 5) is 14.6. The number of thiophene rings is 1. The number of hydrazone groups is 1. The molecule has 2 heterocycles. The van der Waals surface area contributed by atoms with Gasteiger partial charge in [-0.15, -0.1) is 11.3 Å². The van der Waals surface area contributed by atoms with E-state index >= 15 is 0 Å². The minimum Gasteiger partial charge on any atom is -0.305 e. The highest BCUT2D eigenvalue weighted by Crippen LogP contribution is 2.59. The molecule has 1 aromatic heterocycles. The van der Waals surface area contributed by atoms with Gasteiger partial charge >= 0.3 is 7.60 Å². The number of carbonyl (C=O) groups is 1. The molecule has 8 heteroatoms. The number of fused-ring (bicyclic) bond motifs is 1. The Hall–Kier alpha value is -1.79. The highest BCUT2D eigenvalue weighted by atomic mass is 32.1. The van der Waals surface area contributed by atoms with Crippen LogP contribution in [0.3, 0.4) is 0 Å². The van der Waals surface area contributed by atoms with Crippen molar-refractivity contribution in [2.24, 2.45) is 5.10 Å². The summed E-state index contributed by atoms with van der Waals surface area (Å²) in [5.41, 5.74) is 4.14. The molecule has 1 aliphatic heterocycles. The van der Waals surface area contributed by atoms with E-state index < -0.39 is 19.1 Å². The van der Waals surface area contributed by atoms with Gasteiger partial charge in [-0.05, 0) is 43.7 Å². The standard InChI is InChI=1S/C20H23N2O4PS/c1-3-25-27(24,26-4-2)19-17(16-10-7-13-28-16)20(22-21-19)12-11-14-8-5-6-9-15(14)18(20)23/h5-10,13,17,22H,3-4,11-12H2,1-2H3. The van der Waals surface area contributed by atoms with Crippen molar-refractivity contribution in [3.8, 4) is 0 Å². The van der Waals surface area contributed by atoms with Crippen LogP contribution in [0, 0.1) is 0 Å². The van der Waals surface area contributed by atoms with Gasteiger partial charge in [0.2, 0.25) is 0 Å². The first-order valence-corrected chi connectivity index (χ1v) is 11.9. The van der Waals surface area contributed by atoms with Crippen molar-refractivity contribution in [1.29, 1.82) is 0 Å². The fourth-order valence-electron chi connectivity index (χ4n) is 4.09. The normalized spacial score (nSPS) is 24.1. The van der Waals surface area contributed by atoms with Crippen molar-refractivity contribution < 1.29 is 18.4 Å². The van der Waals surface area contributed by atoms with Crippen molar-refractivity contribution in [3.05, 3.63) is 57.8 Å². The minimum atomic E-state index is -3.63. The minimum absolute atomic E-state index is 0.0222. The molecule has 4 rings (SSSR count). The molecule has 0 bridgehead atoms. The van der Waals surface area contributed by atoms with E-state index in [1.54, 1.807) is 13.8 Å². The van der Waals surface area contributed by atoms with Crippen LogP contribution in [0.1, 0.15) is 47.0 Å². The van der Waals surface area contributed by atoms with Gasteiger partial charge < -0.3 is 9.05 Å². The van der Waals surface area contributed by atoms with E-state index in [4.69, 9.17) is 9.05 Å².